The van der Waals surface area contributed by atoms with E-state index in [9.17, 15) is 8.42 Å². The molecule has 0 unspecified atom stereocenters. The van der Waals surface area contributed by atoms with E-state index in [-0.39, 0.29) is 17.2 Å². The van der Waals surface area contributed by atoms with Crippen molar-refractivity contribution in [2.45, 2.75) is 32.2 Å². The van der Waals surface area contributed by atoms with E-state index in [1.165, 1.54) is 4.68 Å². The first kappa shape index (κ1) is 16.2. The van der Waals surface area contributed by atoms with Gasteiger partial charge in [-0.25, -0.2) is 13.1 Å². The van der Waals surface area contributed by atoms with E-state index in [4.69, 9.17) is 5.26 Å². The molecule has 116 valence electrons. The molecule has 1 aromatic carbocycles. The van der Waals surface area contributed by atoms with Crippen LogP contribution in [-0.2, 0) is 9.84 Å². The quantitative estimate of drug-likeness (QED) is 0.849. The molecule has 0 fully saturated rings. The third-order valence-corrected chi connectivity index (χ3v) is 5.09. The number of aromatic nitrogens is 2. The molecule has 0 atom stereocenters. The van der Waals surface area contributed by atoms with Crippen LogP contribution in [0.3, 0.4) is 0 Å². The van der Waals surface area contributed by atoms with E-state index in [0.29, 0.717) is 11.4 Å². The number of hydrogen-bond donors (Lipinski definition) is 0. The van der Waals surface area contributed by atoms with Gasteiger partial charge in [-0.15, -0.1) is 0 Å². The first-order valence-corrected chi connectivity index (χ1v) is 8.66. The van der Waals surface area contributed by atoms with Gasteiger partial charge in [0.15, 0.2) is 14.9 Å². The summed E-state index contributed by atoms with van der Waals surface area (Å²) in [7, 11) is -3.51. The minimum atomic E-state index is -3.51. The van der Waals surface area contributed by atoms with Crippen LogP contribution in [0, 0.1) is 23.7 Å². The molecule has 0 aliphatic heterocycles. The minimum absolute atomic E-state index is 0.0779. The molecule has 5 nitrogen and oxygen atoms in total. The summed E-state index contributed by atoms with van der Waals surface area (Å²) in [6, 6.07) is 12.9. The Balaban J connectivity index is 2.39. The molecule has 22 heavy (non-hydrogen) atoms. The van der Waals surface area contributed by atoms with Crippen LogP contribution in [0.2, 0.25) is 0 Å². The highest BCUT2D eigenvalue weighted by Gasteiger charge is 2.26. The van der Waals surface area contributed by atoms with Crippen LogP contribution in [0.25, 0.3) is 5.69 Å². The molecule has 0 bridgehead atoms. The summed E-state index contributed by atoms with van der Waals surface area (Å²) in [6.07, 6.45) is 0.283. The predicted octanol–water partition coefficient (Wildman–Crippen LogP) is 2.89. The summed E-state index contributed by atoms with van der Waals surface area (Å²) in [5, 5.41) is 13.5. The number of aryl methyl sites for hydroxylation is 1. The third kappa shape index (κ3) is 3.55. The second kappa shape index (κ2) is 5.93. The van der Waals surface area contributed by atoms with E-state index < -0.39 is 15.3 Å². The topological polar surface area (TPSA) is 75.8 Å². The van der Waals surface area contributed by atoms with Crippen LogP contribution < -0.4 is 0 Å². The van der Waals surface area contributed by atoms with Crippen LogP contribution in [0.5, 0.6) is 0 Å². The third-order valence-electron chi connectivity index (χ3n) is 3.42. The molecule has 0 radical (unpaired) electrons. The molecule has 0 spiro atoms. The smallest absolute Gasteiger partial charge is 0.195 e. The summed E-state index contributed by atoms with van der Waals surface area (Å²) in [5.41, 5.74) is 0.676. The number of benzene rings is 1. The maximum atomic E-state index is 12.6. The fraction of sp³-hybridized carbons (Fsp3) is 0.375. The van der Waals surface area contributed by atoms with Crippen molar-refractivity contribution in [1.29, 1.82) is 5.26 Å². The summed E-state index contributed by atoms with van der Waals surface area (Å²) in [5.74, 6) is -0.0779. The predicted molar refractivity (Wildman–Crippen MR) is 84.4 cm³/mol. The van der Waals surface area contributed by atoms with Crippen LogP contribution in [-0.4, -0.2) is 24.0 Å². The van der Waals surface area contributed by atoms with Gasteiger partial charge in [0.05, 0.1) is 28.6 Å². The molecule has 0 saturated carbocycles. The number of rotatable bonds is 5. The van der Waals surface area contributed by atoms with Crippen molar-refractivity contribution < 1.29 is 8.42 Å². The van der Waals surface area contributed by atoms with Gasteiger partial charge < -0.3 is 0 Å². The van der Waals surface area contributed by atoms with Crippen molar-refractivity contribution in [2.75, 3.05) is 5.75 Å². The van der Waals surface area contributed by atoms with E-state index in [0.717, 1.165) is 0 Å². The maximum absolute atomic E-state index is 12.6. The molecular formula is C16H19N3O2S. The van der Waals surface area contributed by atoms with Gasteiger partial charge in [0.25, 0.3) is 0 Å². The zero-order valence-electron chi connectivity index (χ0n) is 12.9. The Morgan fingerprint density at radius 3 is 2.50 bits per heavy atom. The fourth-order valence-corrected chi connectivity index (χ4v) is 3.75. The van der Waals surface area contributed by atoms with Crippen molar-refractivity contribution in [2.24, 2.45) is 5.41 Å². The van der Waals surface area contributed by atoms with Crippen molar-refractivity contribution in [3.63, 3.8) is 0 Å². The lowest BCUT2D eigenvalue weighted by atomic mass is 9.93. The van der Waals surface area contributed by atoms with Crippen molar-refractivity contribution in [1.82, 2.24) is 9.78 Å². The second-order valence-corrected chi connectivity index (χ2v) is 7.99. The van der Waals surface area contributed by atoms with E-state index >= 15 is 0 Å². The van der Waals surface area contributed by atoms with Gasteiger partial charge in [-0.1, -0.05) is 18.2 Å². The number of para-hydroxylation sites is 1. The summed E-state index contributed by atoms with van der Waals surface area (Å²) in [4.78, 5) is 0. The van der Waals surface area contributed by atoms with Crippen molar-refractivity contribution >= 4 is 9.84 Å². The first-order chi connectivity index (χ1) is 10.2. The Morgan fingerprint density at radius 2 is 1.91 bits per heavy atom. The Morgan fingerprint density at radius 1 is 1.27 bits per heavy atom. The van der Waals surface area contributed by atoms with Crippen molar-refractivity contribution in [3.8, 4) is 11.8 Å². The Labute approximate surface area is 131 Å². The standard InChI is InChI=1S/C16H19N3O2S/c1-13-11-15(19(18-13)14-7-5-4-6-8-14)22(20,21)10-9-16(2,3)12-17/h4-8,11H,9-10H2,1-3H3. The highest BCUT2D eigenvalue weighted by molar-refractivity contribution is 7.91. The molecular weight excluding hydrogens is 298 g/mol. The number of nitriles is 1. The highest BCUT2D eigenvalue weighted by Crippen LogP contribution is 2.24. The monoisotopic (exact) mass is 317 g/mol. The van der Waals surface area contributed by atoms with Gasteiger partial charge in [0, 0.05) is 0 Å². The van der Waals surface area contributed by atoms with Gasteiger partial charge in [-0.3, -0.25) is 0 Å². The lowest BCUT2D eigenvalue weighted by Crippen LogP contribution is -2.18. The number of hydrogen-bond acceptors (Lipinski definition) is 4. The van der Waals surface area contributed by atoms with Gasteiger partial charge in [-0.05, 0) is 45.4 Å². The molecule has 0 saturated heterocycles. The Kier molecular flexibility index (Phi) is 4.38. The molecule has 2 rings (SSSR count). The summed E-state index contributed by atoms with van der Waals surface area (Å²) >= 11 is 0. The largest absolute Gasteiger partial charge is 0.222 e. The van der Waals surface area contributed by atoms with Crippen LogP contribution in [0.15, 0.2) is 41.4 Å². The Hall–Kier alpha value is -2.13. The fourth-order valence-electron chi connectivity index (χ4n) is 2.00. The minimum Gasteiger partial charge on any atom is -0.222 e. The van der Waals surface area contributed by atoms with Gasteiger partial charge in [0.1, 0.15) is 0 Å². The average Bonchev–Trinajstić information content (AvgIpc) is 2.89. The highest BCUT2D eigenvalue weighted by atomic mass is 32.2. The molecule has 6 heteroatoms. The van der Waals surface area contributed by atoms with Gasteiger partial charge >= 0.3 is 0 Å². The average molecular weight is 317 g/mol. The lowest BCUT2D eigenvalue weighted by molar-refractivity contribution is 0.472. The zero-order valence-corrected chi connectivity index (χ0v) is 13.8. The molecule has 1 aromatic heterocycles. The van der Waals surface area contributed by atoms with Gasteiger partial charge in [0.2, 0.25) is 0 Å². The molecule has 0 amide bonds. The maximum Gasteiger partial charge on any atom is 0.195 e. The molecule has 0 aliphatic rings. The first-order valence-electron chi connectivity index (χ1n) is 7.01. The van der Waals surface area contributed by atoms with E-state index in [2.05, 4.69) is 11.2 Å². The second-order valence-electron chi connectivity index (χ2n) is 5.94. The normalized spacial score (nSPS) is 12.1. The SMILES string of the molecule is Cc1cc(S(=O)(=O)CCC(C)(C)C#N)n(-c2ccccc2)n1. The van der Waals surface area contributed by atoms with Crippen molar-refractivity contribution in [3.05, 3.63) is 42.1 Å². The van der Waals surface area contributed by atoms with Crippen LogP contribution >= 0.6 is 0 Å². The number of sulfone groups is 1. The van der Waals surface area contributed by atoms with Crippen LogP contribution in [0.1, 0.15) is 26.0 Å². The molecule has 2 aromatic rings. The zero-order chi connectivity index (χ0) is 16.4. The summed E-state index contributed by atoms with van der Waals surface area (Å²) < 4.78 is 26.7. The molecule has 1 heterocycles. The van der Waals surface area contributed by atoms with Crippen LogP contribution in [0.4, 0.5) is 0 Å². The Bertz CT molecular complexity index is 800. The van der Waals surface area contributed by atoms with E-state index in [1.807, 2.05) is 30.3 Å². The number of nitrogens with zero attached hydrogens (tertiary/aromatic N) is 3. The molecule has 0 N–H and O–H groups in total. The van der Waals surface area contributed by atoms with E-state index in [1.54, 1.807) is 26.8 Å². The summed E-state index contributed by atoms with van der Waals surface area (Å²) in [6.45, 7) is 5.24. The van der Waals surface area contributed by atoms with Gasteiger partial charge in [-0.2, -0.15) is 10.4 Å². The lowest BCUT2D eigenvalue weighted by Gasteiger charge is -2.15. The molecule has 0 aliphatic carbocycles.